The second-order valence-corrected chi connectivity index (χ2v) is 8.85. The van der Waals surface area contributed by atoms with Gasteiger partial charge in [0, 0.05) is 23.7 Å². The van der Waals surface area contributed by atoms with E-state index in [1.165, 1.54) is 34.9 Å². The smallest absolute Gasteiger partial charge is 0.328 e. The number of unbranched alkanes of at least 4 members (excludes halogenated alkanes) is 2. The number of thioether (sulfide) groups is 1. The normalized spacial score (nSPS) is 13.2. The molecular formula is C24H37NO5S. The monoisotopic (exact) mass is 451 g/mol. The van der Waals surface area contributed by atoms with Gasteiger partial charge in [-0.05, 0) is 66.2 Å². The number of carboxylic acids is 2. The number of hydrogen-bond acceptors (Lipinski definition) is 4. The number of nitrogens with one attached hydrogen (secondary N) is 1. The van der Waals surface area contributed by atoms with Crippen molar-refractivity contribution < 1.29 is 24.6 Å². The average Bonchev–Trinajstić information content (AvgIpc) is 2.68. The Balaban J connectivity index is 4.15. The van der Waals surface area contributed by atoms with Crippen LogP contribution in [0.5, 0.6) is 0 Å². The SMILES string of the molecule is CC(C)=CCCC/C(C)=C/CCC/C(C)=C/CSCC(NC(=O)/C=C/C(=O)O)C(=O)O. The zero-order chi connectivity index (χ0) is 23.6. The molecule has 3 N–H and O–H groups in total. The van der Waals surface area contributed by atoms with E-state index < -0.39 is 23.9 Å². The van der Waals surface area contributed by atoms with Gasteiger partial charge < -0.3 is 15.5 Å². The Morgan fingerprint density at radius 2 is 1.45 bits per heavy atom. The van der Waals surface area contributed by atoms with Gasteiger partial charge in [0.15, 0.2) is 0 Å². The van der Waals surface area contributed by atoms with Crippen molar-refractivity contribution >= 4 is 29.6 Å². The number of allylic oxidation sites excluding steroid dienone is 5. The lowest BCUT2D eigenvalue weighted by atomic mass is 10.1. The van der Waals surface area contributed by atoms with Gasteiger partial charge in [-0.1, -0.05) is 34.9 Å². The second kappa shape index (κ2) is 17.4. The summed E-state index contributed by atoms with van der Waals surface area (Å²) in [6.45, 7) is 8.52. The maximum Gasteiger partial charge on any atom is 0.328 e. The molecule has 0 aromatic heterocycles. The molecule has 0 saturated carbocycles. The van der Waals surface area contributed by atoms with Gasteiger partial charge >= 0.3 is 11.9 Å². The molecule has 0 bridgehead atoms. The van der Waals surface area contributed by atoms with Crippen molar-refractivity contribution in [2.45, 2.75) is 72.3 Å². The molecule has 0 aliphatic rings. The number of carbonyl (C=O) groups is 3. The largest absolute Gasteiger partial charge is 0.480 e. The predicted octanol–water partition coefficient (Wildman–Crippen LogP) is 5.13. The van der Waals surface area contributed by atoms with Gasteiger partial charge in [-0.15, -0.1) is 0 Å². The summed E-state index contributed by atoms with van der Waals surface area (Å²) in [6, 6.07) is -1.06. The summed E-state index contributed by atoms with van der Waals surface area (Å²) >= 11 is 1.41. The Hall–Kier alpha value is -2.28. The van der Waals surface area contributed by atoms with E-state index in [0.717, 1.165) is 38.2 Å². The zero-order valence-corrected chi connectivity index (χ0v) is 20.0. The van der Waals surface area contributed by atoms with Crippen LogP contribution in [0, 0.1) is 0 Å². The maximum absolute atomic E-state index is 11.5. The fourth-order valence-electron chi connectivity index (χ4n) is 2.63. The van der Waals surface area contributed by atoms with E-state index in [4.69, 9.17) is 5.11 Å². The molecule has 0 aromatic carbocycles. The van der Waals surface area contributed by atoms with E-state index in [9.17, 15) is 19.5 Å². The molecule has 1 atom stereocenters. The molecular weight excluding hydrogens is 414 g/mol. The number of amides is 1. The van der Waals surface area contributed by atoms with Gasteiger partial charge in [0.1, 0.15) is 6.04 Å². The number of carbonyl (C=O) groups excluding carboxylic acids is 1. The van der Waals surface area contributed by atoms with Crippen molar-refractivity contribution in [2.24, 2.45) is 0 Å². The molecule has 1 unspecified atom stereocenters. The Morgan fingerprint density at radius 3 is 2.00 bits per heavy atom. The molecule has 1 amide bonds. The average molecular weight is 452 g/mol. The van der Waals surface area contributed by atoms with Crippen LogP contribution in [0.25, 0.3) is 0 Å². The van der Waals surface area contributed by atoms with Crippen LogP contribution >= 0.6 is 11.8 Å². The Kier molecular flexibility index (Phi) is 16.1. The first-order valence-electron chi connectivity index (χ1n) is 10.6. The molecule has 7 heteroatoms. The Morgan fingerprint density at radius 1 is 0.871 bits per heavy atom. The molecule has 0 heterocycles. The van der Waals surface area contributed by atoms with E-state index in [1.54, 1.807) is 0 Å². The van der Waals surface area contributed by atoms with Gasteiger partial charge in [0.25, 0.3) is 0 Å². The van der Waals surface area contributed by atoms with Crippen LogP contribution in [0.1, 0.15) is 66.2 Å². The summed E-state index contributed by atoms with van der Waals surface area (Å²) in [4.78, 5) is 33.2. The fraction of sp³-hybridized carbons (Fsp3) is 0.542. The molecule has 0 aromatic rings. The van der Waals surface area contributed by atoms with Crippen LogP contribution in [0.4, 0.5) is 0 Å². The van der Waals surface area contributed by atoms with Crippen LogP contribution in [0.15, 0.2) is 47.1 Å². The minimum Gasteiger partial charge on any atom is -0.480 e. The number of carboxylic acid groups (broad SMARTS) is 2. The first-order chi connectivity index (χ1) is 14.6. The summed E-state index contributed by atoms with van der Waals surface area (Å²) in [6.07, 6.45) is 14.8. The molecule has 0 radical (unpaired) electrons. The van der Waals surface area contributed by atoms with E-state index in [1.807, 2.05) is 0 Å². The summed E-state index contributed by atoms with van der Waals surface area (Å²) in [5.74, 6) is -2.27. The third kappa shape index (κ3) is 18.2. The number of hydrogen-bond donors (Lipinski definition) is 3. The lowest BCUT2D eigenvalue weighted by Gasteiger charge is -2.12. The highest BCUT2D eigenvalue weighted by Crippen LogP contribution is 2.14. The molecule has 31 heavy (non-hydrogen) atoms. The summed E-state index contributed by atoms with van der Waals surface area (Å²) < 4.78 is 0. The van der Waals surface area contributed by atoms with Gasteiger partial charge in [-0.2, -0.15) is 11.8 Å². The summed E-state index contributed by atoms with van der Waals surface area (Å²) in [7, 11) is 0. The van der Waals surface area contributed by atoms with Crippen LogP contribution in [0.3, 0.4) is 0 Å². The van der Waals surface area contributed by atoms with Gasteiger partial charge in [-0.25, -0.2) is 9.59 Å². The quantitative estimate of drug-likeness (QED) is 0.171. The highest BCUT2D eigenvalue weighted by atomic mass is 32.2. The van der Waals surface area contributed by atoms with E-state index in [2.05, 4.69) is 51.2 Å². The standard InChI is InChI=1S/C24H37NO5S/c1-18(2)9-5-6-10-19(3)11-7-8-12-20(4)15-16-31-17-21(24(29)30)25-22(26)13-14-23(27)28/h9,11,13-15,21H,5-8,10,12,16-17H2,1-4H3,(H,25,26)(H,27,28)(H,29,30)/b14-13+,19-11+,20-15+. The van der Waals surface area contributed by atoms with E-state index >= 15 is 0 Å². The lowest BCUT2D eigenvalue weighted by Crippen LogP contribution is -2.42. The van der Waals surface area contributed by atoms with Gasteiger partial charge in [0.05, 0.1) is 0 Å². The van der Waals surface area contributed by atoms with Crippen molar-refractivity contribution in [3.63, 3.8) is 0 Å². The van der Waals surface area contributed by atoms with Crippen molar-refractivity contribution in [1.82, 2.24) is 5.32 Å². The topological polar surface area (TPSA) is 104 Å². The predicted molar refractivity (Wildman–Crippen MR) is 128 cm³/mol. The molecule has 0 saturated heterocycles. The first-order valence-corrected chi connectivity index (χ1v) is 11.7. The molecule has 0 fully saturated rings. The summed E-state index contributed by atoms with van der Waals surface area (Å²) in [5.41, 5.74) is 4.08. The number of rotatable bonds is 16. The number of aliphatic carboxylic acids is 2. The van der Waals surface area contributed by atoms with Crippen LogP contribution in [-0.2, 0) is 14.4 Å². The van der Waals surface area contributed by atoms with E-state index in [0.29, 0.717) is 11.8 Å². The third-order valence-corrected chi connectivity index (χ3v) is 5.39. The van der Waals surface area contributed by atoms with Crippen LogP contribution in [0.2, 0.25) is 0 Å². The van der Waals surface area contributed by atoms with Crippen molar-refractivity contribution in [2.75, 3.05) is 11.5 Å². The van der Waals surface area contributed by atoms with Crippen molar-refractivity contribution in [3.8, 4) is 0 Å². The highest BCUT2D eigenvalue weighted by molar-refractivity contribution is 7.99. The minimum absolute atomic E-state index is 0.209. The van der Waals surface area contributed by atoms with Crippen molar-refractivity contribution in [1.29, 1.82) is 0 Å². The van der Waals surface area contributed by atoms with Crippen molar-refractivity contribution in [3.05, 3.63) is 47.1 Å². The van der Waals surface area contributed by atoms with Crippen LogP contribution in [-0.4, -0.2) is 45.6 Å². The molecule has 0 rings (SSSR count). The maximum atomic E-state index is 11.5. The van der Waals surface area contributed by atoms with Crippen LogP contribution < -0.4 is 5.32 Å². The fourth-order valence-corrected chi connectivity index (χ4v) is 3.63. The lowest BCUT2D eigenvalue weighted by molar-refractivity contribution is -0.140. The summed E-state index contributed by atoms with van der Waals surface area (Å²) in [5, 5.41) is 20.0. The molecule has 6 nitrogen and oxygen atoms in total. The molecule has 0 spiro atoms. The molecule has 0 aliphatic carbocycles. The van der Waals surface area contributed by atoms with Gasteiger partial charge in [0.2, 0.25) is 5.91 Å². The molecule has 0 aliphatic heterocycles. The Bertz CT molecular complexity index is 703. The van der Waals surface area contributed by atoms with E-state index in [-0.39, 0.29) is 5.75 Å². The molecule has 174 valence electrons. The second-order valence-electron chi connectivity index (χ2n) is 7.78. The van der Waals surface area contributed by atoms with Gasteiger partial charge in [-0.3, -0.25) is 4.79 Å². The first kappa shape index (κ1) is 28.7. The highest BCUT2D eigenvalue weighted by Gasteiger charge is 2.18. The third-order valence-electron chi connectivity index (χ3n) is 4.42. The minimum atomic E-state index is -1.26. The Labute approximate surface area is 190 Å². The zero-order valence-electron chi connectivity index (χ0n) is 19.1.